The predicted molar refractivity (Wildman–Crippen MR) is 72.4 cm³/mol. The van der Waals surface area contributed by atoms with Crippen LogP contribution in [0.2, 0.25) is 0 Å². The van der Waals surface area contributed by atoms with E-state index in [1.807, 2.05) is 0 Å². The van der Waals surface area contributed by atoms with E-state index in [1.165, 1.54) is 6.42 Å². The number of rotatable bonds is 3. The smallest absolute Gasteiger partial charge is 0.207 e. The number of nitrogens with one attached hydrogen (secondary N) is 1. The van der Waals surface area contributed by atoms with Gasteiger partial charge in [0.15, 0.2) is 0 Å². The summed E-state index contributed by atoms with van der Waals surface area (Å²) in [6.07, 6.45) is 3.46. The third kappa shape index (κ3) is 4.55. The molecule has 5 nitrogen and oxygen atoms in total. The maximum Gasteiger partial charge on any atom is 0.207 e. The van der Waals surface area contributed by atoms with Crippen LogP contribution in [0.25, 0.3) is 0 Å². The van der Waals surface area contributed by atoms with Gasteiger partial charge in [0, 0.05) is 18.6 Å². The number of hydrogen-bond acceptors (Lipinski definition) is 4. The number of fused-ring (bicyclic) bond motifs is 1. The number of piperidine rings is 1. The van der Waals surface area contributed by atoms with E-state index in [0.29, 0.717) is 12.5 Å². The highest BCUT2D eigenvalue weighted by atomic mass is 16.3. The van der Waals surface area contributed by atoms with Crippen LogP contribution in [0.1, 0.15) is 26.2 Å². The molecular formula is C13H27N3O2. The zero-order valence-corrected chi connectivity index (χ0v) is 11.8. The number of nitrogens with zero attached hydrogens (tertiary/aromatic N) is 2. The van der Waals surface area contributed by atoms with Crippen molar-refractivity contribution in [2.75, 3.05) is 33.7 Å². The van der Waals surface area contributed by atoms with E-state index in [9.17, 15) is 9.90 Å². The maximum atomic E-state index is 10.3. The first-order valence-electron chi connectivity index (χ1n) is 6.85. The van der Waals surface area contributed by atoms with E-state index in [2.05, 4.69) is 36.1 Å². The van der Waals surface area contributed by atoms with Crippen molar-refractivity contribution in [1.82, 2.24) is 15.1 Å². The molecule has 0 aromatic rings. The number of carbonyl (C=O) groups is 1. The molecule has 2 aliphatic rings. The monoisotopic (exact) mass is 257 g/mol. The highest BCUT2D eigenvalue weighted by Gasteiger charge is 2.37. The van der Waals surface area contributed by atoms with Gasteiger partial charge in [-0.05, 0) is 46.4 Å². The summed E-state index contributed by atoms with van der Waals surface area (Å²) in [5, 5.41) is 12.5. The summed E-state index contributed by atoms with van der Waals surface area (Å²) in [4.78, 5) is 14.7. The fourth-order valence-electron chi connectivity index (χ4n) is 2.54. The molecule has 0 aromatic heterocycles. The molecule has 1 amide bonds. The van der Waals surface area contributed by atoms with Gasteiger partial charge in [-0.2, -0.15) is 0 Å². The van der Waals surface area contributed by atoms with Crippen molar-refractivity contribution in [1.29, 1.82) is 0 Å². The normalized spacial score (nSPS) is 31.5. The van der Waals surface area contributed by atoms with E-state index >= 15 is 0 Å². The molecule has 0 aromatic carbocycles. The van der Waals surface area contributed by atoms with Gasteiger partial charge in [-0.15, -0.1) is 0 Å². The summed E-state index contributed by atoms with van der Waals surface area (Å²) in [5.41, 5.74) is 0. The van der Waals surface area contributed by atoms with Crippen molar-refractivity contribution in [3.8, 4) is 0 Å². The standard InChI is InChI=1S/C9H16N2O2.C4H11N/c12-6-10-7-4-9(13)8-2-1-3-11(8)5-7;1-4-5(2)3/h6-9,13H,1-5H2,(H,10,12);4H2,1-3H3/t7?,8?,9-;/m0./s1. The van der Waals surface area contributed by atoms with Crippen LogP contribution in [0.15, 0.2) is 0 Å². The van der Waals surface area contributed by atoms with E-state index in [4.69, 9.17) is 0 Å². The lowest BCUT2D eigenvalue weighted by Gasteiger charge is -2.38. The molecule has 2 saturated heterocycles. The number of carbonyl (C=O) groups excluding carboxylic acids is 1. The molecule has 0 bridgehead atoms. The molecule has 2 heterocycles. The largest absolute Gasteiger partial charge is 0.391 e. The topological polar surface area (TPSA) is 55.8 Å². The molecule has 0 aliphatic carbocycles. The molecule has 2 aliphatic heterocycles. The van der Waals surface area contributed by atoms with Crippen molar-refractivity contribution in [3.63, 3.8) is 0 Å². The lowest BCUT2D eigenvalue weighted by Crippen LogP contribution is -2.54. The SMILES string of the molecule is CCN(C)C.O=CNC1C[C@H](O)C2CCCN2C1. The Balaban J connectivity index is 0.000000280. The number of aliphatic hydroxyl groups is 1. The van der Waals surface area contributed by atoms with Crippen LogP contribution in [0, 0.1) is 0 Å². The van der Waals surface area contributed by atoms with Gasteiger partial charge in [0.1, 0.15) is 0 Å². The Kier molecular flexibility index (Phi) is 6.60. The van der Waals surface area contributed by atoms with E-state index < -0.39 is 0 Å². The van der Waals surface area contributed by atoms with Crippen LogP contribution >= 0.6 is 0 Å². The summed E-state index contributed by atoms with van der Waals surface area (Å²) in [6.45, 7) is 5.24. The molecule has 2 N–H and O–H groups in total. The van der Waals surface area contributed by atoms with Crippen LogP contribution < -0.4 is 5.32 Å². The van der Waals surface area contributed by atoms with Crippen molar-refractivity contribution >= 4 is 6.41 Å². The van der Waals surface area contributed by atoms with Gasteiger partial charge in [0.2, 0.25) is 6.41 Å². The lowest BCUT2D eigenvalue weighted by atomic mass is 9.96. The molecule has 106 valence electrons. The fourth-order valence-corrected chi connectivity index (χ4v) is 2.54. The van der Waals surface area contributed by atoms with E-state index in [-0.39, 0.29) is 12.1 Å². The average molecular weight is 257 g/mol. The van der Waals surface area contributed by atoms with Crippen molar-refractivity contribution in [2.45, 2.75) is 44.4 Å². The van der Waals surface area contributed by atoms with Crippen LogP contribution in [0.3, 0.4) is 0 Å². The van der Waals surface area contributed by atoms with Gasteiger partial charge in [0.25, 0.3) is 0 Å². The highest BCUT2D eigenvalue weighted by Crippen LogP contribution is 2.26. The number of aliphatic hydroxyl groups excluding tert-OH is 1. The molecule has 18 heavy (non-hydrogen) atoms. The third-order valence-corrected chi connectivity index (χ3v) is 3.78. The van der Waals surface area contributed by atoms with Crippen LogP contribution in [-0.2, 0) is 4.79 Å². The molecule has 3 atom stereocenters. The molecule has 0 radical (unpaired) electrons. The molecule has 2 fully saturated rings. The first-order valence-corrected chi connectivity index (χ1v) is 6.85. The minimum absolute atomic E-state index is 0.141. The first-order chi connectivity index (χ1) is 8.58. The zero-order chi connectivity index (χ0) is 13.5. The number of amides is 1. The summed E-state index contributed by atoms with van der Waals surface area (Å²) >= 11 is 0. The second kappa shape index (κ2) is 7.71. The number of hydrogen-bond donors (Lipinski definition) is 2. The van der Waals surface area contributed by atoms with Crippen molar-refractivity contribution in [2.24, 2.45) is 0 Å². The van der Waals surface area contributed by atoms with Crippen LogP contribution in [0.5, 0.6) is 0 Å². The van der Waals surface area contributed by atoms with E-state index in [1.54, 1.807) is 0 Å². The van der Waals surface area contributed by atoms with Gasteiger partial charge in [0.05, 0.1) is 6.10 Å². The van der Waals surface area contributed by atoms with Crippen LogP contribution in [0.4, 0.5) is 0 Å². The Morgan fingerprint density at radius 2 is 2.17 bits per heavy atom. The van der Waals surface area contributed by atoms with Gasteiger partial charge in [-0.25, -0.2) is 0 Å². The molecule has 5 heteroatoms. The summed E-state index contributed by atoms with van der Waals surface area (Å²) in [6, 6.07) is 0.492. The van der Waals surface area contributed by atoms with Gasteiger partial charge in [-0.1, -0.05) is 6.92 Å². The maximum absolute atomic E-state index is 10.3. The Labute approximate surface area is 110 Å². The lowest BCUT2D eigenvalue weighted by molar-refractivity contribution is -0.111. The summed E-state index contributed by atoms with van der Waals surface area (Å²) in [5.74, 6) is 0. The van der Waals surface area contributed by atoms with Crippen LogP contribution in [-0.4, -0.2) is 73.2 Å². The third-order valence-electron chi connectivity index (χ3n) is 3.78. The van der Waals surface area contributed by atoms with Crippen molar-refractivity contribution in [3.05, 3.63) is 0 Å². The summed E-state index contributed by atoms with van der Waals surface area (Å²) < 4.78 is 0. The van der Waals surface area contributed by atoms with Crippen molar-refractivity contribution < 1.29 is 9.90 Å². The average Bonchev–Trinajstić information content (AvgIpc) is 2.79. The molecule has 2 unspecified atom stereocenters. The zero-order valence-electron chi connectivity index (χ0n) is 11.8. The second-order valence-electron chi connectivity index (χ2n) is 5.38. The Hall–Kier alpha value is -0.650. The minimum atomic E-state index is -0.256. The summed E-state index contributed by atoms with van der Waals surface area (Å²) in [7, 11) is 4.11. The van der Waals surface area contributed by atoms with Gasteiger partial charge in [-0.3, -0.25) is 9.69 Å². The molecule has 0 spiro atoms. The molecule has 0 saturated carbocycles. The first kappa shape index (κ1) is 15.4. The Bertz CT molecular complexity index is 248. The highest BCUT2D eigenvalue weighted by molar-refractivity contribution is 5.46. The molecule has 2 rings (SSSR count). The fraction of sp³-hybridized carbons (Fsp3) is 0.923. The Morgan fingerprint density at radius 1 is 1.50 bits per heavy atom. The van der Waals surface area contributed by atoms with Gasteiger partial charge >= 0.3 is 0 Å². The quantitative estimate of drug-likeness (QED) is 0.693. The second-order valence-corrected chi connectivity index (χ2v) is 5.38. The predicted octanol–water partition coefficient (Wildman–Crippen LogP) is -0.102. The minimum Gasteiger partial charge on any atom is -0.391 e. The molecular weight excluding hydrogens is 230 g/mol. The Morgan fingerprint density at radius 3 is 2.72 bits per heavy atom. The van der Waals surface area contributed by atoms with E-state index in [0.717, 1.165) is 32.5 Å². The van der Waals surface area contributed by atoms with Gasteiger partial charge < -0.3 is 15.3 Å².